The molecule has 1 aliphatic heterocycles. The van der Waals surface area contributed by atoms with Crippen molar-refractivity contribution in [2.75, 3.05) is 13.3 Å². The second kappa shape index (κ2) is 6.79. The summed E-state index contributed by atoms with van der Waals surface area (Å²) in [6, 6.07) is 5.86. The number of hydrogen-bond donors (Lipinski definition) is 1. The minimum Gasteiger partial charge on any atom is -0.454 e. The zero-order chi connectivity index (χ0) is 15.4. The van der Waals surface area contributed by atoms with E-state index >= 15 is 0 Å². The van der Waals surface area contributed by atoms with E-state index in [-0.39, 0.29) is 12.7 Å². The molecular weight excluding hydrogens is 300 g/mol. The van der Waals surface area contributed by atoms with Crippen LogP contribution in [-0.2, 0) is 24.1 Å². The minimum absolute atomic E-state index is 0.00805. The van der Waals surface area contributed by atoms with Crippen molar-refractivity contribution in [2.24, 2.45) is 0 Å². The predicted molar refractivity (Wildman–Crippen MR) is 84.5 cm³/mol. The van der Waals surface area contributed by atoms with Crippen LogP contribution in [0.3, 0.4) is 0 Å². The standard InChI is InChI=1S/C16H18N2O3S/c1-2-16-18-12(9-22-16)8-15(19)17-6-5-11-3-4-13-14(7-11)21-10-20-13/h3-4,7,9H,2,5-6,8,10H2,1H3,(H,17,19). The predicted octanol–water partition coefficient (Wildman–Crippen LogP) is 2.34. The maximum Gasteiger partial charge on any atom is 0.231 e. The lowest BCUT2D eigenvalue weighted by Gasteiger charge is -2.05. The first-order valence-electron chi connectivity index (χ1n) is 7.33. The SMILES string of the molecule is CCc1nc(CC(=O)NCCc2ccc3c(c2)OCO3)cs1. The van der Waals surface area contributed by atoms with Crippen molar-refractivity contribution in [3.63, 3.8) is 0 Å². The fourth-order valence-corrected chi connectivity index (χ4v) is 3.01. The molecule has 1 N–H and O–H groups in total. The van der Waals surface area contributed by atoms with E-state index in [9.17, 15) is 4.79 Å². The van der Waals surface area contributed by atoms with Gasteiger partial charge in [0, 0.05) is 11.9 Å². The molecule has 0 aliphatic carbocycles. The van der Waals surface area contributed by atoms with E-state index in [2.05, 4.69) is 17.2 Å². The number of ether oxygens (including phenoxy) is 2. The van der Waals surface area contributed by atoms with Crippen molar-refractivity contribution in [2.45, 2.75) is 26.2 Å². The molecule has 0 fully saturated rings. The second-order valence-corrected chi connectivity index (χ2v) is 5.99. The van der Waals surface area contributed by atoms with E-state index in [1.807, 2.05) is 23.6 Å². The Hall–Kier alpha value is -2.08. The quantitative estimate of drug-likeness (QED) is 0.888. The molecular formula is C16H18N2O3S. The zero-order valence-electron chi connectivity index (χ0n) is 12.4. The summed E-state index contributed by atoms with van der Waals surface area (Å²) in [7, 11) is 0. The number of nitrogens with zero attached hydrogens (tertiary/aromatic N) is 1. The lowest BCUT2D eigenvalue weighted by Crippen LogP contribution is -2.27. The van der Waals surface area contributed by atoms with Crippen LogP contribution in [-0.4, -0.2) is 24.2 Å². The summed E-state index contributed by atoms with van der Waals surface area (Å²) in [5.41, 5.74) is 1.97. The molecule has 1 aliphatic rings. The molecule has 0 spiro atoms. The van der Waals surface area contributed by atoms with Crippen molar-refractivity contribution in [1.29, 1.82) is 0 Å². The highest BCUT2D eigenvalue weighted by atomic mass is 32.1. The Morgan fingerprint density at radius 2 is 2.23 bits per heavy atom. The first-order valence-corrected chi connectivity index (χ1v) is 8.21. The van der Waals surface area contributed by atoms with Crippen LogP contribution in [0.1, 0.15) is 23.2 Å². The molecule has 0 saturated heterocycles. The molecule has 3 rings (SSSR count). The summed E-state index contributed by atoms with van der Waals surface area (Å²) in [5.74, 6) is 1.56. The number of carbonyl (C=O) groups excluding carboxylic acids is 1. The number of carbonyl (C=O) groups is 1. The van der Waals surface area contributed by atoms with Gasteiger partial charge >= 0.3 is 0 Å². The molecule has 1 aromatic heterocycles. The fourth-order valence-electron chi connectivity index (χ4n) is 2.26. The summed E-state index contributed by atoms with van der Waals surface area (Å²) in [5, 5.41) is 5.96. The monoisotopic (exact) mass is 318 g/mol. The lowest BCUT2D eigenvalue weighted by molar-refractivity contribution is -0.120. The Balaban J connectivity index is 1.45. The van der Waals surface area contributed by atoms with Crippen LogP contribution in [0.25, 0.3) is 0 Å². The van der Waals surface area contributed by atoms with Crippen LogP contribution >= 0.6 is 11.3 Å². The highest BCUT2D eigenvalue weighted by Crippen LogP contribution is 2.32. The first kappa shape index (κ1) is 14.8. The Bertz CT molecular complexity index is 669. The lowest BCUT2D eigenvalue weighted by atomic mass is 10.1. The highest BCUT2D eigenvalue weighted by Gasteiger charge is 2.13. The molecule has 1 aromatic carbocycles. The molecule has 1 amide bonds. The Kier molecular flexibility index (Phi) is 4.58. The molecule has 2 heterocycles. The molecule has 0 saturated carbocycles. The van der Waals surface area contributed by atoms with Crippen LogP contribution in [0.4, 0.5) is 0 Å². The third-order valence-corrected chi connectivity index (χ3v) is 4.46. The van der Waals surface area contributed by atoms with E-state index in [0.717, 1.165) is 40.6 Å². The average molecular weight is 318 g/mol. The number of benzene rings is 1. The van der Waals surface area contributed by atoms with Gasteiger partial charge in [0.05, 0.1) is 17.1 Å². The average Bonchev–Trinajstić information content (AvgIpc) is 3.15. The number of fused-ring (bicyclic) bond motifs is 1. The van der Waals surface area contributed by atoms with Gasteiger partial charge in [-0.3, -0.25) is 4.79 Å². The minimum atomic E-state index is 0.00805. The van der Waals surface area contributed by atoms with Crippen LogP contribution in [0.15, 0.2) is 23.6 Å². The Morgan fingerprint density at radius 3 is 3.05 bits per heavy atom. The third-order valence-electron chi connectivity index (χ3n) is 3.42. The van der Waals surface area contributed by atoms with Crippen LogP contribution in [0.2, 0.25) is 0 Å². The number of aromatic nitrogens is 1. The fraction of sp³-hybridized carbons (Fsp3) is 0.375. The van der Waals surface area contributed by atoms with E-state index in [0.29, 0.717) is 13.0 Å². The Morgan fingerprint density at radius 1 is 1.36 bits per heavy atom. The molecule has 116 valence electrons. The van der Waals surface area contributed by atoms with Crippen LogP contribution < -0.4 is 14.8 Å². The summed E-state index contributed by atoms with van der Waals surface area (Å²) in [6.07, 6.45) is 2.02. The number of hydrogen-bond acceptors (Lipinski definition) is 5. The normalized spacial score (nSPS) is 12.4. The van der Waals surface area contributed by atoms with Crippen LogP contribution in [0.5, 0.6) is 11.5 Å². The van der Waals surface area contributed by atoms with E-state index < -0.39 is 0 Å². The number of aryl methyl sites for hydroxylation is 1. The molecule has 6 heteroatoms. The summed E-state index contributed by atoms with van der Waals surface area (Å²) < 4.78 is 10.6. The summed E-state index contributed by atoms with van der Waals surface area (Å²) in [6.45, 7) is 2.94. The van der Waals surface area contributed by atoms with Crippen molar-refractivity contribution in [3.8, 4) is 11.5 Å². The highest BCUT2D eigenvalue weighted by molar-refractivity contribution is 7.09. The maximum atomic E-state index is 11.9. The molecule has 5 nitrogen and oxygen atoms in total. The van der Waals surface area contributed by atoms with Gasteiger partial charge in [-0.15, -0.1) is 11.3 Å². The van der Waals surface area contributed by atoms with Gasteiger partial charge in [0.1, 0.15) is 0 Å². The molecule has 0 radical (unpaired) electrons. The van der Waals surface area contributed by atoms with E-state index in [4.69, 9.17) is 9.47 Å². The van der Waals surface area contributed by atoms with Crippen molar-refractivity contribution >= 4 is 17.2 Å². The van der Waals surface area contributed by atoms with Gasteiger partial charge in [-0.05, 0) is 30.5 Å². The topological polar surface area (TPSA) is 60.5 Å². The van der Waals surface area contributed by atoms with E-state index in [1.54, 1.807) is 11.3 Å². The number of nitrogens with one attached hydrogen (secondary N) is 1. The zero-order valence-corrected chi connectivity index (χ0v) is 13.2. The van der Waals surface area contributed by atoms with Gasteiger partial charge in [-0.2, -0.15) is 0 Å². The van der Waals surface area contributed by atoms with Gasteiger partial charge in [0.25, 0.3) is 0 Å². The number of thiazole rings is 1. The van der Waals surface area contributed by atoms with Gasteiger partial charge < -0.3 is 14.8 Å². The summed E-state index contributed by atoms with van der Waals surface area (Å²) >= 11 is 1.61. The van der Waals surface area contributed by atoms with Crippen molar-refractivity contribution in [1.82, 2.24) is 10.3 Å². The maximum absolute atomic E-state index is 11.9. The van der Waals surface area contributed by atoms with Gasteiger partial charge in [-0.25, -0.2) is 4.98 Å². The molecule has 22 heavy (non-hydrogen) atoms. The molecule has 2 aromatic rings. The van der Waals surface area contributed by atoms with E-state index in [1.165, 1.54) is 0 Å². The largest absolute Gasteiger partial charge is 0.454 e. The number of amides is 1. The number of rotatable bonds is 6. The second-order valence-electron chi connectivity index (χ2n) is 5.05. The molecule has 0 atom stereocenters. The van der Waals surface area contributed by atoms with Gasteiger partial charge in [-0.1, -0.05) is 13.0 Å². The van der Waals surface area contributed by atoms with Crippen molar-refractivity contribution in [3.05, 3.63) is 39.8 Å². The first-order chi connectivity index (χ1) is 10.7. The molecule has 0 unspecified atom stereocenters. The molecule has 0 bridgehead atoms. The van der Waals surface area contributed by atoms with Gasteiger partial charge in [0.15, 0.2) is 11.5 Å². The third kappa shape index (κ3) is 3.57. The summed E-state index contributed by atoms with van der Waals surface area (Å²) in [4.78, 5) is 16.3. The van der Waals surface area contributed by atoms with Gasteiger partial charge in [0.2, 0.25) is 12.7 Å². The smallest absolute Gasteiger partial charge is 0.231 e. The Labute approximate surface area is 133 Å². The van der Waals surface area contributed by atoms with Crippen molar-refractivity contribution < 1.29 is 14.3 Å². The van der Waals surface area contributed by atoms with Crippen LogP contribution in [0, 0.1) is 0 Å².